The molecule has 1 aromatic carbocycles. The second-order valence-electron chi connectivity index (χ2n) is 2.86. The molecule has 0 fully saturated rings. The van der Waals surface area contributed by atoms with E-state index in [-0.39, 0.29) is 6.42 Å². The van der Waals surface area contributed by atoms with Gasteiger partial charge in [-0.05, 0) is 11.6 Å². The van der Waals surface area contributed by atoms with Gasteiger partial charge in [-0.3, -0.25) is 0 Å². The van der Waals surface area contributed by atoms with Gasteiger partial charge in [-0.25, -0.2) is 8.78 Å². The fourth-order valence-electron chi connectivity index (χ4n) is 1.13. The van der Waals surface area contributed by atoms with Gasteiger partial charge in [-0.1, -0.05) is 6.07 Å². The van der Waals surface area contributed by atoms with Gasteiger partial charge in [0, 0.05) is 28.7 Å². The fourth-order valence-corrected chi connectivity index (χ4v) is 1.49. The van der Waals surface area contributed by atoms with E-state index >= 15 is 0 Å². The number of nitrogens with zero attached hydrogens (tertiary/aromatic N) is 2. The Balaban J connectivity index is 2.24. The van der Waals surface area contributed by atoms with Gasteiger partial charge in [-0.2, -0.15) is 0 Å². The van der Waals surface area contributed by atoms with Gasteiger partial charge in [0.05, 0.1) is 6.42 Å². The zero-order valence-electron chi connectivity index (χ0n) is 7.38. The van der Waals surface area contributed by atoms with E-state index in [1.54, 1.807) is 0 Å². The highest BCUT2D eigenvalue weighted by Crippen LogP contribution is 2.14. The number of benzene rings is 1. The molecule has 0 spiro atoms. The molecule has 2 aromatic rings. The summed E-state index contributed by atoms with van der Waals surface area (Å²) in [5, 5.41) is 7.32. The van der Waals surface area contributed by atoms with Crippen molar-refractivity contribution in [3.8, 4) is 0 Å². The lowest BCUT2D eigenvalue weighted by Crippen LogP contribution is -1.93. The quantitative estimate of drug-likeness (QED) is 0.798. The predicted molar refractivity (Wildman–Crippen MR) is 56.2 cm³/mol. The Bertz CT molecular complexity index is 487. The molecule has 0 saturated carbocycles. The molecule has 0 aliphatic carbocycles. The Kier molecular flexibility index (Phi) is 2.94. The third-order valence-corrected chi connectivity index (χ3v) is 2.23. The first-order chi connectivity index (χ1) is 7.15. The largest absolute Gasteiger partial charge is 0.416 e. The number of rotatable bonds is 2. The Morgan fingerprint density at radius 3 is 2.67 bits per heavy atom. The molecule has 0 aliphatic heterocycles. The maximum Gasteiger partial charge on any atom is 0.278 e. The Morgan fingerprint density at radius 2 is 2.07 bits per heavy atom. The molecule has 15 heavy (non-hydrogen) atoms. The number of hydrogen-bond acceptors (Lipinski definition) is 3. The van der Waals surface area contributed by atoms with Crippen LogP contribution in [0.15, 0.2) is 22.6 Å². The zero-order chi connectivity index (χ0) is 10.8. The molecule has 3 nitrogen and oxygen atoms in total. The van der Waals surface area contributed by atoms with E-state index in [0.29, 0.717) is 15.4 Å². The lowest BCUT2D eigenvalue weighted by atomic mass is 10.1. The first kappa shape index (κ1) is 10.5. The van der Waals surface area contributed by atoms with E-state index in [2.05, 4.69) is 10.2 Å². The average Bonchev–Trinajstić information content (AvgIpc) is 2.56. The summed E-state index contributed by atoms with van der Waals surface area (Å²) < 4.78 is 31.3. The van der Waals surface area contributed by atoms with Crippen molar-refractivity contribution in [2.24, 2.45) is 0 Å². The summed E-state index contributed by atoms with van der Waals surface area (Å²) in [6.07, 6.45) is 0.169. The summed E-state index contributed by atoms with van der Waals surface area (Å²) in [7, 11) is 0. The molecule has 0 amide bonds. The number of halogens is 3. The lowest BCUT2D eigenvalue weighted by Gasteiger charge is -1.98. The van der Waals surface area contributed by atoms with Gasteiger partial charge < -0.3 is 4.42 Å². The Hall–Kier alpha value is -1.05. The van der Waals surface area contributed by atoms with Crippen molar-refractivity contribution in [3.63, 3.8) is 0 Å². The second-order valence-corrected chi connectivity index (χ2v) is 3.78. The Morgan fingerprint density at radius 1 is 1.27 bits per heavy atom. The van der Waals surface area contributed by atoms with Gasteiger partial charge in [0.2, 0.25) is 5.89 Å². The average molecular weight is 322 g/mol. The van der Waals surface area contributed by atoms with Crippen molar-refractivity contribution < 1.29 is 13.2 Å². The van der Waals surface area contributed by atoms with Gasteiger partial charge in [0.15, 0.2) is 0 Å². The second kappa shape index (κ2) is 4.21. The van der Waals surface area contributed by atoms with Crippen LogP contribution in [-0.4, -0.2) is 10.2 Å². The number of aromatic nitrogens is 2. The van der Waals surface area contributed by atoms with Crippen molar-refractivity contribution >= 4 is 22.6 Å². The van der Waals surface area contributed by atoms with E-state index in [9.17, 15) is 8.78 Å². The maximum atomic E-state index is 13.2. The van der Waals surface area contributed by atoms with Crippen LogP contribution in [0.5, 0.6) is 0 Å². The molecule has 0 unspecified atom stereocenters. The molecule has 0 aliphatic rings. The van der Waals surface area contributed by atoms with Gasteiger partial charge >= 0.3 is 0 Å². The Labute approximate surface area is 97.6 Å². The summed E-state index contributed by atoms with van der Waals surface area (Å²) >= 11 is 1.86. The van der Waals surface area contributed by atoms with Crippen LogP contribution < -0.4 is 0 Å². The normalized spacial score (nSPS) is 10.6. The zero-order valence-corrected chi connectivity index (χ0v) is 9.53. The summed E-state index contributed by atoms with van der Waals surface area (Å²) in [6, 6.07) is 3.39. The van der Waals surface area contributed by atoms with E-state index in [1.165, 1.54) is 12.1 Å². The molecule has 0 N–H and O–H groups in total. The van der Waals surface area contributed by atoms with Crippen molar-refractivity contribution in [1.82, 2.24) is 10.2 Å². The molecule has 0 radical (unpaired) electrons. The number of hydrogen-bond donors (Lipinski definition) is 0. The van der Waals surface area contributed by atoms with E-state index < -0.39 is 11.6 Å². The maximum absolute atomic E-state index is 13.2. The van der Waals surface area contributed by atoms with E-state index in [1.807, 2.05) is 22.6 Å². The van der Waals surface area contributed by atoms with Crippen LogP contribution in [0.25, 0.3) is 0 Å². The molecular formula is C9H5F2IN2O. The highest BCUT2D eigenvalue weighted by Gasteiger charge is 2.09. The van der Waals surface area contributed by atoms with Crippen LogP contribution in [0.3, 0.4) is 0 Å². The van der Waals surface area contributed by atoms with Crippen LogP contribution >= 0.6 is 22.6 Å². The minimum absolute atomic E-state index is 0.169. The molecule has 1 aromatic heterocycles. The fraction of sp³-hybridized carbons (Fsp3) is 0.111. The molecule has 78 valence electrons. The van der Waals surface area contributed by atoms with Crippen LogP contribution in [-0.2, 0) is 6.42 Å². The van der Waals surface area contributed by atoms with E-state index in [0.717, 1.165) is 6.07 Å². The minimum Gasteiger partial charge on any atom is -0.416 e. The highest BCUT2D eigenvalue weighted by molar-refractivity contribution is 14.1. The lowest BCUT2D eigenvalue weighted by molar-refractivity contribution is 0.474. The molecule has 2 rings (SSSR count). The highest BCUT2D eigenvalue weighted by atomic mass is 127. The summed E-state index contributed by atoms with van der Waals surface area (Å²) in [5.41, 5.74) is 0.330. The topological polar surface area (TPSA) is 38.9 Å². The van der Waals surface area contributed by atoms with Gasteiger partial charge in [-0.15, -0.1) is 10.2 Å². The van der Waals surface area contributed by atoms with Crippen LogP contribution in [0, 0.1) is 15.5 Å². The summed E-state index contributed by atoms with van der Waals surface area (Å²) in [5.74, 6) is -0.899. The first-order valence-corrected chi connectivity index (χ1v) is 5.15. The van der Waals surface area contributed by atoms with E-state index in [4.69, 9.17) is 4.42 Å². The monoisotopic (exact) mass is 322 g/mol. The molecular weight excluding hydrogens is 317 g/mol. The molecule has 0 bridgehead atoms. The molecule has 1 heterocycles. The summed E-state index contributed by atoms with van der Waals surface area (Å²) in [4.78, 5) is 0. The minimum atomic E-state index is -0.608. The van der Waals surface area contributed by atoms with Crippen molar-refractivity contribution in [2.75, 3.05) is 0 Å². The van der Waals surface area contributed by atoms with Crippen molar-refractivity contribution in [3.05, 3.63) is 45.2 Å². The molecule has 0 saturated heterocycles. The standard InChI is InChI=1S/C9H5F2IN2O/c10-6-2-1-5(7(11)4-6)3-8-13-14-9(12)15-8/h1-2,4H,3H2. The smallest absolute Gasteiger partial charge is 0.278 e. The van der Waals surface area contributed by atoms with Crippen molar-refractivity contribution in [2.45, 2.75) is 6.42 Å². The SMILES string of the molecule is Fc1ccc(Cc2nnc(I)o2)c(F)c1. The summed E-state index contributed by atoms with van der Waals surface area (Å²) in [6.45, 7) is 0. The van der Waals surface area contributed by atoms with Crippen LogP contribution in [0.1, 0.15) is 11.5 Å². The van der Waals surface area contributed by atoms with Crippen molar-refractivity contribution in [1.29, 1.82) is 0 Å². The molecule has 0 atom stereocenters. The van der Waals surface area contributed by atoms with Gasteiger partial charge in [0.1, 0.15) is 11.6 Å². The van der Waals surface area contributed by atoms with Crippen LogP contribution in [0.4, 0.5) is 8.78 Å². The first-order valence-electron chi connectivity index (χ1n) is 4.07. The van der Waals surface area contributed by atoms with Crippen LogP contribution in [0.2, 0.25) is 0 Å². The predicted octanol–water partition coefficient (Wildman–Crippen LogP) is 2.54. The third-order valence-electron chi connectivity index (χ3n) is 1.80. The molecule has 6 heteroatoms. The third kappa shape index (κ3) is 2.49. The van der Waals surface area contributed by atoms with Gasteiger partial charge in [0.25, 0.3) is 3.90 Å².